The molecule has 82 valence electrons. The molecule has 0 spiro atoms. The lowest BCUT2D eigenvalue weighted by Gasteiger charge is -2.20. The summed E-state index contributed by atoms with van der Waals surface area (Å²) in [4.78, 5) is 0. The van der Waals surface area contributed by atoms with Crippen molar-refractivity contribution in [3.8, 4) is 11.5 Å². The molecule has 1 aromatic rings. The molecule has 0 aliphatic carbocycles. The van der Waals surface area contributed by atoms with E-state index in [4.69, 9.17) is 26.8 Å². The van der Waals surface area contributed by atoms with E-state index in [0.717, 1.165) is 0 Å². The molecule has 0 saturated carbocycles. The summed E-state index contributed by atoms with van der Waals surface area (Å²) in [7, 11) is 0. The topological polar surface area (TPSA) is 44.5 Å². The first-order valence-corrected chi connectivity index (χ1v) is 4.86. The number of benzene rings is 1. The van der Waals surface area contributed by atoms with Crippen LogP contribution in [-0.2, 0) is 5.54 Å². The second-order valence-electron chi connectivity index (χ2n) is 4.01. The molecule has 15 heavy (non-hydrogen) atoms. The van der Waals surface area contributed by atoms with Gasteiger partial charge in [-0.05, 0) is 19.9 Å². The quantitative estimate of drug-likeness (QED) is 0.807. The molecule has 5 heteroatoms. The molecule has 0 aromatic heterocycles. The smallest absolute Gasteiger partial charge is 0.231 e. The van der Waals surface area contributed by atoms with E-state index in [-0.39, 0.29) is 17.6 Å². The van der Waals surface area contributed by atoms with Crippen LogP contribution in [0.5, 0.6) is 11.5 Å². The minimum atomic E-state index is -0.811. The third-order valence-corrected chi connectivity index (χ3v) is 2.58. The second-order valence-corrected chi connectivity index (χ2v) is 4.39. The SMILES string of the molecule is CC(C)(N)c1cc2c(c(Cl)c1F)OCO2. The number of rotatable bonds is 1. The lowest BCUT2D eigenvalue weighted by Crippen LogP contribution is -2.30. The molecule has 0 fully saturated rings. The summed E-state index contributed by atoms with van der Waals surface area (Å²) in [6.45, 7) is 3.46. The molecule has 0 atom stereocenters. The highest BCUT2D eigenvalue weighted by Crippen LogP contribution is 2.43. The van der Waals surface area contributed by atoms with E-state index in [1.807, 2.05) is 0 Å². The zero-order valence-corrected chi connectivity index (χ0v) is 9.19. The van der Waals surface area contributed by atoms with Crippen molar-refractivity contribution in [1.82, 2.24) is 0 Å². The number of halogens is 2. The molecular formula is C10H11ClFNO2. The highest BCUT2D eigenvalue weighted by molar-refractivity contribution is 6.32. The van der Waals surface area contributed by atoms with Crippen molar-refractivity contribution in [1.29, 1.82) is 0 Å². The first kappa shape index (κ1) is 10.5. The molecule has 3 nitrogen and oxygen atoms in total. The molecule has 0 unspecified atom stereocenters. The molecule has 0 bridgehead atoms. The van der Waals surface area contributed by atoms with Gasteiger partial charge in [0.25, 0.3) is 0 Å². The Bertz CT molecular complexity index is 415. The van der Waals surface area contributed by atoms with Crippen LogP contribution in [0.1, 0.15) is 19.4 Å². The summed E-state index contributed by atoms with van der Waals surface area (Å²) >= 11 is 5.81. The van der Waals surface area contributed by atoms with Gasteiger partial charge in [-0.2, -0.15) is 0 Å². The van der Waals surface area contributed by atoms with Crippen molar-refractivity contribution in [3.05, 3.63) is 22.5 Å². The fraction of sp³-hybridized carbons (Fsp3) is 0.400. The standard InChI is InChI=1S/C10H11ClFNO2/c1-10(2,13)5-3-6-9(15-4-14-6)7(11)8(5)12/h3H,4,13H2,1-2H3. The van der Waals surface area contributed by atoms with E-state index in [9.17, 15) is 4.39 Å². The molecule has 1 heterocycles. The van der Waals surface area contributed by atoms with E-state index in [1.165, 1.54) is 6.07 Å². The Hall–Kier alpha value is -1.00. The number of fused-ring (bicyclic) bond motifs is 1. The third kappa shape index (κ3) is 1.64. The maximum atomic E-state index is 13.8. The van der Waals surface area contributed by atoms with Crippen molar-refractivity contribution in [2.75, 3.05) is 6.79 Å². The molecule has 2 rings (SSSR count). The van der Waals surface area contributed by atoms with Gasteiger partial charge in [0.1, 0.15) is 5.02 Å². The van der Waals surface area contributed by atoms with E-state index in [1.54, 1.807) is 13.8 Å². The maximum Gasteiger partial charge on any atom is 0.231 e. The second kappa shape index (κ2) is 3.25. The predicted molar refractivity (Wildman–Crippen MR) is 54.7 cm³/mol. The lowest BCUT2D eigenvalue weighted by atomic mass is 9.94. The Morgan fingerprint density at radius 2 is 2.13 bits per heavy atom. The van der Waals surface area contributed by atoms with Crippen LogP contribution in [0.3, 0.4) is 0 Å². The molecule has 1 aliphatic heterocycles. The zero-order valence-electron chi connectivity index (χ0n) is 8.43. The van der Waals surface area contributed by atoms with Gasteiger partial charge in [0.15, 0.2) is 17.3 Å². The van der Waals surface area contributed by atoms with E-state index >= 15 is 0 Å². The van der Waals surface area contributed by atoms with Crippen molar-refractivity contribution in [2.45, 2.75) is 19.4 Å². The average Bonchev–Trinajstić information content (AvgIpc) is 2.57. The fourth-order valence-corrected chi connectivity index (χ4v) is 1.70. The molecule has 1 aromatic carbocycles. The average molecular weight is 232 g/mol. The van der Waals surface area contributed by atoms with Crippen LogP contribution in [0.15, 0.2) is 6.07 Å². The summed E-state index contributed by atoms with van der Waals surface area (Å²) < 4.78 is 24.0. The minimum Gasteiger partial charge on any atom is -0.454 e. The van der Waals surface area contributed by atoms with E-state index in [2.05, 4.69) is 0 Å². The monoisotopic (exact) mass is 231 g/mol. The minimum absolute atomic E-state index is 0.0585. The number of ether oxygens (including phenoxy) is 2. The van der Waals surface area contributed by atoms with Gasteiger partial charge in [-0.25, -0.2) is 4.39 Å². The Kier molecular flexibility index (Phi) is 2.28. The maximum absolute atomic E-state index is 13.8. The molecule has 0 radical (unpaired) electrons. The van der Waals surface area contributed by atoms with Gasteiger partial charge in [0, 0.05) is 11.1 Å². The van der Waals surface area contributed by atoms with Crippen LogP contribution in [0, 0.1) is 5.82 Å². The number of hydrogen-bond donors (Lipinski definition) is 1. The van der Waals surface area contributed by atoms with Gasteiger partial charge in [0.2, 0.25) is 6.79 Å². The first-order chi connectivity index (χ1) is 6.91. The summed E-state index contributed by atoms with van der Waals surface area (Å²) in [5, 5.41) is -0.0708. The van der Waals surface area contributed by atoms with Crippen LogP contribution in [0.2, 0.25) is 5.02 Å². The summed E-state index contributed by atoms with van der Waals surface area (Å²) in [6, 6.07) is 1.53. The van der Waals surface area contributed by atoms with Crippen molar-refractivity contribution >= 4 is 11.6 Å². The van der Waals surface area contributed by atoms with Gasteiger partial charge in [0.05, 0.1) is 0 Å². The normalized spacial score (nSPS) is 14.5. The molecular weight excluding hydrogens is 221 g/mol. The zero-order chi connectivity index (χ0) is 11.2. The Labute approximate surface area is 91.9 Å². The van der Waals surface area contributed by atoms with E-state index in [0.29, 0.717) is 11.3 Å². The number of hydrogen-bond acceptors (Lipinski definition) is 3. The van der Waals surface area contributed by atoms with Crippen LogP contribution in [0.4, 0.5) is 4.39 Å². The van der Waals surface area contributed by atoms with Crippen molar-refractivity contribution in [3.63, 3.8) is 0 Å². The van der Waals surface area contributed by atoms with Crippen LogP contribution in [-0.4, -0.2) is 6.79 Å². The van der Waals surface area contributed by atoms with E-state index < -0.39 is 11.4 Å². The highest BCUT2D eigenvalue weighted by Gasteiger charge is 2.28. The number of nitrogens with two attached hydrogens (primary N) is 1. The fourth-order valence-electron chi connectivity index (χ4n) is 1.45. The van der Waals surface area contributed by atoms with Gasteiger partial charge in [-0.1, -0.05) is 11.6 Å². The van der Waals surface area contributed by atoms with Gasteiger partial charge in [-0.15, -0.1) is 0 Å². The lowest BCUT2D eigenvalue weighted by molar-refractivity contribution is 0.174. The summed E-state index contributed by atoms with van der Waals surface area (Å²) in [6.07, 6.45) is 0. The largest absolute Gasteiger partial charge is 0.454 e. The van der Waals surface area contributed by atoms with Crippen molar-refractivity contribution in [2.24, 2.45) is 5.73 Å². The van der Waals surface area contributed by atoms with Crippen molar-refractivity contribution < 1.29 is 13.9 Å². The highest BCUT2D eigenvalue weighted by atomic mass is 35.5. The Morgan fingerprint density at radius 3 is 2.73 bits per heavy atom. The molecule has 1 aliphatic rings. The molecule has 2 N–H and O–H groups in total. The van der Waals surface area contributed by atoms with Crippen LogP contribution in [0.25, 0.3) is 0 Å². The molecule has 0 saturated heterocycles. The first-order valence-electron chi connectivity index (χ1n) is 4.48. The third-order valence-electron chi connectivity index (χ3n) is 2.24. The predicted octanol–water partition coefficient (Wildman–Crippen LogP) is 2.40. The van der Waals surface area contributed by atoms with Crippen LogP contribution < -0.4 is 15.2 Å². The van der Waals surface area contributed by atoms with Gasteiger partial charge >= 0.3 is 0 Å². The Morgan fingerprint density at radius 1 is 1.47 bits per heavy atom. The summed E-state index contributed by atoms with van der Waals surface area (Å²) in [5.41, 5.74) is 5.33. The Balaban J connectivity index is 2.64. The van der Waals surface area contributed by atoms with Gasteiger partial charge < -0.3 is 15.2 Å². The van der Waals surface area contributed by atoms with Gasteiger partial charge in [-0.3, -0.25) is 0 Å². The molecule has 0 amide bonds. The summed E-state index contributed by atoms with van der Waals surface area (Å²) in [5.74, 6) is 0.144. The van der Waals surface area contributed by atoms with Crippen LogP contribution >= 0.6 is 11.6 Å².